The number of hydrogen-bond acceptors (Lipinski definition) is 0. The highest BCUT2D eigenvalue weighted by Crippen LogP contribution is 2.37. The molecule has 0 bridgehead atoms. The van der Waals surface area contributed by atoms with Crippen LogP contribution in [0.1, 0.15) is 22.3 Å². The van der Waals surface area contributed by atoms with Gasteiger partial charge in [-0.15, -0.1) is 0 Å². The van der Waals surface area contributed by atoms with Gasteiger partial charge in [0.25, 0.3) is 0 Å². The molecule has 7 rings (SSSR count). The van der Waals surface area contributed by atoms with E-state index in [0.29, 0.717) is 0 Å². The summed E-state index contributed by atoms with van der Waals surface area (Å²) in [6.07, 6.45) is 1.00. The zero-order chi connectivity index (χ0) is 20.4. The Balaban J connectivity index is 1.32. The Hall–Kier alpha value is -4.08. The van der Waals surface area contributed by atoms with Crippen molar-refractivity contribution >= 4 is 32.3 Å². The van der Waals surface area contributed by atoms with E-state index in [0.717, 1.165) is 17.5 Å². The molecule has 1 aliphatic carbocycles. The summed E-state index contributed by atoms with van der Waals surface area (Å²) in [6.45, 7) is 0. The second-order valence-corrected chi connectivity index (χ2v) is 8.46. The molecule has 0 unspecified atom stereocenters. The molecule has 0 amide bonds. The van der Waals surface area contributed by atoms with Crippen LogP contribution in [0.25, 0.3) is 43.4 Å². The van der Waals surface area contributed by atoms with E-state index in [9.17, 15) is 0 Å². The van der Waals surface area contributed by atoms with Crippen molar-refractivity contribution in [3.8, 4) is 23.0 Å². The molecule has 0 heteroatoms. The van der Waals surface area contributed by atoms with Crippen LogP contribution in [0.2, 0.25) is 0 Å². The fraction of sp³-hybridized carbons (Fsp3) is 0.0323. The quantitative estimate of drug-likeness (QED) is 0.185. The Morgan fingerprint density at radius 1 is 0.452 bits per heavy atom. The molecule has 1 aliphatic rings. The smallest absolute Gasteiger partial charge is 0.0261 e. The van der Waals surface area contributed by atoms with Crippen LogP contribution in [0.3, 0.4) is 0 Å². The van der Waals surface area contributed by atoms with Crippen molar-refractivity contribution in [2.75, 3.05) is 0 Å². The number of hydrogen-bond donors (Lipinski definition) is 0. The lowest BCUT2D eigenvalue weighted by atomic mass is 9.93. The van der Waals surface area contributed by atoms with E-state index < -0.39 is 0 Å². The Morgan fingerprint density at radius 2 is 1.10 bits per heavy atom. The maximum atomic E-state index is 3.43. The van der Waals surface area contributed by atoms with Crippen molar-refractivity contribution in [3.05, 3.63) is 119 Å². The summed E-state index contributed by atoms with van der Waals surface area (Å²) in [7, 11) is 0. The van der Waals surface area contributed by atoms with Gasteiger partial charge in [0, 0.05) is 11.1 Å². The molecular weight excluding hydrogens is 372 g/mol. The van der Waals surface area contributed by atoms with E-state index in [4.69, 9.17) is 0 Å². The molecule has 0 radical (unpaired) electrons. The fourth-order valence-corrected chi connectivity index (χ4v) is 5.19. The van der Waals surface area contributed by atoms with Gasteiger partial charge in [0.2, 0.25) is 0 Å². The highest BCUT2D eigenvalue weighted by Gasteiger charge is 2.17. The lowest BCUT2D eigenvalue weighted by Gasteiger charge is -2.10. The largest absolute Gasteiger partial charge is 0.0619 e. The highest BCUT2D eigenvalue weighted by molar-refractivity contribution is 6.23. The molecule has 0 fully saturated rings. The maximum Gasteiger partial charge on any atom is 0.0261 e. The molecular formula is C31H18. The van der Waals surface area contributed by atoms with E-state index in [-0.39, 0.29) is 0 Å². The van der Waals surface area contributed by atoms with Crippen molar-refractivity contribution in [2.45, 2.75) is 6.42 Å². The summed E-state index contributed by atoms with van der Waals surface area (Å²) in [5, 5.41) is 7.82. The first-order valence-electron chi connectivity index (χ1n) is 10.7. The van der Waals surface area contributed by atoms with Crippen molar-refractivity contribution < 1.29 is 0 Å². The van der Waals surface area contributed by atoms with Crippen molar-refractivity contribution in [1.29, 1.82) is 0 Å². The van der Waals surface area contributed by atoms with Gasteiger partial charge in [-0.2, -0.15) is 0 Å². The summed E-state index contributed by atoms with van der Waals surface area (Å²) in [4.78, 5) is 0. The Labute approximate surface area is 181 Å². The molecule has 0 spiro atoms. The van der Waals surface area contributed by atoms with Crippen LogP contribution >= 0.6 is 0 Å². The van der Waals surface area contributed by atoms with E-state index in [1.54, 1.807) is 0 Å². The lowest BCUT2D eigenvalue weighted by Crippen LogP contribution is -1.86. The standard InChI is InChI=1S/C31H18/c1-2-7-28-24(4-1)19-27-16-20(10-15-29(27)28)8-9-21-17-25-13-11-22-5-3-6-23-12-14-26(18-21)31(25)30(22)23/h1-7,10-18H,19H2. The molecule has 0 saturated heterocycles. The number of fused-ring (bicyclic) bond motifs is 3. The van der Waals surface area contributed by atoms with Gasteiger partial charge in [0.05, 0.1) is 0 Å². The topological polar surface area (TPSA) is 0 Å². The molecule has 31 heavy (non-hydrogen) atoms. The molecule has 0 saturated carbocycles. The SMILES string of the molecule is C(#Cc1cc2ccc3cccc4ccc(c1)c2c34)c1ccc2c(c1)Cc1ccccc1-2. The van der Waals surface area contributed by atoms with Crippen LogP contribution in [0.15, 0.2) is 97.1 Å². The summed E-state index contributed by atoms with van der Waals surface area (Å²) in [5.74, 6) is 6.84. The molecule has 0 aliphatic heterocycles. The number of benzene rings is 6. The molecule has 0 nitrogen and oxygen atoms in total. The second kappa shape index (κ2) is 6.21. The van der Waals surface area contributed by atoms with Gasteiger partial charge in [0.1, 0.15) is 0 Å². The fourth-order valence-electron chi connectivity index (χ4n) is 5.19. The monoisotopic (exact) mass is 390 g/mol. The van der Waals surface area contributed by atoms with E-state index in [1.807, 2.05) is 0 Å². The third kappa shape index (κ3) is 2.51. The van der Waals surface area contributed by atoms with Gasteiger partial charge >= 0.3 is 0 Å². The molecule has 0 heterocycles. The van der Waals surface area contributed by atoms with Crippen LogP contribution in [0, 0.1) is 11.8 Å². The highest BCUT2D eigenvalue weighted by atomic mass is 14.2. The van der Waals surface area contributed by atoms with Crippen molar-refractivity contribution in [3.63, 3.8) is 0 Å². The van der Waals surface area contributed by atoms with Crippen LogP contribution in [0.5, 0.6) is 0 Å². The Bertz CT molecular complexity index is 1640. The predicted octanol–water partition coefficient (Wildman–Crippen LogP) is 7.56. The molecule has 6 aromatic carbocycles. The summed E-state index contributed by atoms with van der Waals surface area (Å²) < 4.78 is 0. The van der Waals surface area contributed by atoms with Gasteiger partial charge in [0.15, 0.2) is 0 Å². The maximum absolute atomic E-state index is 3.43. The second-order valence-electron chi connectivity index (χ2n) is 8.46. The van der Waals surface area contributed by atoms with Crippen molar-refractivity contribution in [2.24, 2.45) is 0 Å². The molecule has 0 atom stereocenters. The average molecular weight is 390 g/mol. The summed E-state index contributed by atoms with van der Waals surface area (Å²) in [6, 6.07) is 35.2. The van der Waals surface area contributed by atoms with E-state index in [2.05, 4.69) is 109 Å². The zero-order valence-corrected chi connectivity index (χ0v) is 16.9. The van der Waals surface area contributed by atoms with Crippen molar-refractivity contribution in [1.82, 2.24) is 0 Å². The first-order chi connectivity index (χ1) is 15.3. The minimum Gasteiger partial charge on any atom is -0.0619 e. The molecule has 0 N–H and O–H groups in total. The number of rotatable bonds is 0. The van der Waals surface area contributed by atoms with Crippen LogP contribution in [-0.2, 0) is 6.42 Å². The van der Waals surface area contributed by atoms with Gasteiger partial charge in [-0.25, -0.2) is 0 Å². The summed E-state index contributed by atoms with van der Waals surface area (Å²) >= 11 is 0. The summed E-state index contributed by atoms with van der Waals surface area (Å²) in [5.41, 5.74) is 7.65. The third-order valence-corrected chi connectivity index (χ3v) is 6.61. The van der Waals surface area contributed by atoms with Crippen LogP contribution in [0.4, 0.5) is 0 Å². The van der Waals surface area contributed by atoms with Gasteiger partial charge in [-0.1, -0.05) is 84.6 Å². The van der Waals surface area contributed by atoms with Gasteiger partial charge in [-0.3, -0.25) is 0 Å². The lowest BCUT2D eigenvalue weighted by molar-refractivity contribution is 1.26. The zero-order valence-electron chi connectivity index (χ0n) is 16.9. The van der Waals surface area contributed by atoms with Gasteiger partial charge in [-0.05, 0) is 85.3 Å². The average Bonchev–Trinajstić information content (AvgIpc) is 3.19. The minimum absolute atomic E-state index is 1.00. The first kappa shape index (κ1) is 16.7. The Kier molecular flexibility index (Phi) is 3.34. The predicted molar refractivity (Wildman–Crippen MR) is 131 cm³/mol. The molecule has 6 aromatic rings. The third-order valence-electron chi connectivity index (χ3n) is 6.61. The first-order valence-corrected chi connectivity index (χ1v) is 10.7. The normalized spacial score (nSPS) is 12.1. The van der Waals surface area contributed by atoms with Crippen LogP contribution in [-0.4, -0.2) is 0 Å². The minimum atomic E-state index is 1.00. The Morgan fingerprint density at radius 3 is 1.90 bits per heavy atom. The van der Waals surface area contributed by atoms with Gasteiger partial charge < -0.3 is 0 Å². The van der Waals surface area contributed by atoms with E-state index in [1.165, 1.54) is 54.6 Å². The molecule has 0 aromatic heterocycles. The van der Waals surface area contributed by atoms with Crippen LogP contribution < -0.4 is 0 Å². The van der Waals surface area contributed by atoms with E-state index >= 15 is 0 Å². The molecule has 142 valence electrons.